The lowest BCUT2D eigenvalue weighted by Crippen LogP contribution is -2.53. The van der Waals surface area contributed by atoms with Crippen LogP contribution in [0.4, 0.5) is 16.3 Å². The van der Waals surface area contributed by atoms with Crippen molar-refractivity contribution in [1.29, 1.82) is 0 Å². The molecule has 3 heterocycles. The normalized spacial score (nSPS) is 20.8. The van der Waals surface area contributed by atoms with Crippen LogP contribution in [-0.2, 0) is 4.74 Å². The van der Waals surface area contributed by atoms with Crippen LogP contribution in [0.3, 0.4) is 0 Å². The minimum absolute atomic E-state index is 0.117. The Labute approximate surface area is 192 Å². The number of nitrogens with zero attached hydrogens (tertiary/aromatic N) is 4. The molecular weight excluding hydrogens is 424 g/mol. The van der Waals surface area contributed by atoms with Gasteiger partial charge in [0.2, 0.25) is 0 Å². The van der Waals surface area contributed by atoms with Crippen LogP contribution < -0.4 is 15.5 Å². The minimum Gasteiger partial charge on any atom is -0.389 e. The first kappa shape index (κ1) is 21.6. The van der Waals surface area contributed by atoms with Crippen molar-refractivity contribution in [2.45, 2.75) is 38.0 Å². The lowest BCUT2D eigenvalue weighted by molar-refractivity contribution is 0.00550. The van der Waals surface area contributed by atoms with E-state index in [1.165, 1.54) is 0 Å². The van der Waals surface area contributed by atoms with E-state index in [2.05, 4.69) is 27.4 Å². The monoisotopic (exact) mass is 452 g/mol. The van der Waals surface area contributed by atoms with Crippen molar-refractivity contribution in [3.63, 3.8) is 0 Å². The maximum atomic E-state index is 13.0. The fourth-order valence-corrected chi connectivity index (χ4v) is 3.95. The Bertz CT molecular complexity index is 1040. The first-order valence-corrected chi connectivity index (χ1v) is 11.3. The fraction of sp³-hybridized carbons (Fsp3) is 0.478. The summed E-state index contributed by atoms with van der Waals surface area (Å²) in [6.07, 6.45) is 1.57. The van der Waals surface area contributed by atoms with E-state index in [-0.39, 0.29) is 24.0 Å². The molecule has 5 rings (SSSR count). The van der Waals surface area contributed by atoms with Gasteiger partial charge in [0, 0.05) is 43.0 Å². The lowest BCUT2D eigenvalue weighted by Gasteiger charge is -2.36. The van der Waals surface area contributed by atoms with E-state index in [9.17, 15) is 14.7 Å². The predicted octanol–water partition coefficient (Wildman–Crippen LogP) is 1.47. The Morgan fingerprint density at radius 3 is 2.58 bits per heavy atom. The number of hydrogen-bond acceptors (Lipinski definition) is 7. The van der Waals surface area contributed by atoms with Crippen LogP contribution in [0.2, 0.25) is 0 Å². The molecule has 10 heteroatoms. The second kappa shape index (κ2) is 8.95. The summed E-state index contributed by atoms with van der Waals surface area (Å²) < 4.78 is 5.55. The zero-order valence-electron chi connectivity index (χ0n) is 18.5. The smallest absolute Gasteiger partial charge is 0.319 e. The number of amides is 3. The van der Waals surface area contributed by atoms with Gasteiger partial charge in [-0.3, -0.25) is 4.79 Å². The van der Waals surface area contributed by atoms with Crippen molar-refractivity contribution < 1.29 is 19.4 Å². The van der Waals surface area contributed by atoms with E-state index in [4.69, 9.17) is 9.72 Å². The molecule has 0 spiro atoms. The first-order chi connectivity index (χ1) is 16.0. The summed E-state index contributed by atoms with van der Waals surface area (Å²) in [5.74, 6) is 0.886. The van der Waals surface area contributed by atoms with Crippen molar-refractivity contribution in [2.75, 3.05) is 43.1 Å². The minimum atomic E-state index is -0.480. The number of carbonyl (C=O) groups excluding carboxylic acids is 2. The van der Waals surface area contributed by atoms with E-state index < -0.39 is 6.10 Å². The molecule has 1 aliphatic carbocycles. The Morgan fingerprint density at radius 2 is 1.91 bits per heavy atom. The van der Waals surface area contributed by atoms with Crippen LogP contribution in [0.25, 0.3) is 11.4 Å². The summed E-state index contributed by atoms with van der Waals surface area (Å²) in [5.41, 5.74) is 1.70. The lowest BCUT2D eigenvalue weighted by atomic mass is 10.1. The number of benzene rings is 1. The highest BCUT2D eigenvalue weighted by atomic mass is 16.5. The number of aliphatic hydroxyl groups is 1. The van der Waals surface area contributed by atoms with Gasteiger partial charge in [0.15, 0.2) is 5.82 Å². The van der Waals surface area contributed by atoms with E-state index in [0.29, 0.717) is 55.9 Å². The standard InChI is InChI=1S/C23H28N6O4/c1-14-13-33-9-8-29(14)20-10-19(22(31)28-11-18(30)12-28)26-21(27-20)15-2-4-16(5-3-15)24-23(32)25-17-6-7-17/h2-5,10,14,17-18,30H,6-9,11-13H2,1H3,(H2,24,25,32)/t14-/m0/s1. The number of likely N-dealkylation sites (tertiary alicyclic amines) is 1. The number of nitrogens with one attached hydrogen (secondary N) is 2. The Kier molecular flexibility index (Phi) is 5.86. The molecule has 0 radical (unpaired) electrons. The molecule has 2 aromatic rings. The van der Waals surface area contributed by atoms with Gasteiger partial charge in [-0.05, 0) is 44.0 Å². The van der Waals surface area contributed by atoms with Gasteiger partial charge in [0.05, 0.1) is 25.4 Å². The van der Waals surface area contributed by atoms with Gasteiger partial charge in [-0.2, -0.15) is 0 Å². The van der Waals surface area contributed by atoms with E-state index >= 15 is 0 Å². The summed E-state index contributed by atoms with van der Waals surface area (Å²) in [6.45, 7) is 4.53. The second-order valence-corrected chi connectivity index (χ2v) is 8.87. The Morgan fingerprint density at radius 1 is 1.15 bits per heavy atom. The molecule has 1 aromatic heterocycles. The first-order valence-electron chi connectivity index (χ1n) is 11.3. The summed E-state index contributed by atoms with van der Waals surface area (Å²) in [6, 6.07) is 9.15. The number of morpholine rings is 1. The number of hydrogen-bond donors (Lipinski definition) is 3. The van der Waals surface area contributed by atoms with Gasteiger partial charge in [0.25, 0.3) is 5.91 Å². The van der Waals surface area contributed by atoms with Crippen LogP contribution in [0.15, 0.2) is 30.3 Å². The number of ether oxygens (including phenoxy) is 1. The van der Waals surface area contributed by atoms with Crippen LogP contribution in [0.1, 0.15) is 30.3 Å². The summed E-state index contributed by atoms with van der Waals surface area (Å²) in [7, 11) is 0. The summed E-state index contributed by atoms with van der Waals surface area (Å²) >= 11 is 0. The highest BCUT2D eigenvalue weighted by Gasteiger charge is 2.32. The second-order valence-electron chi connectivity index (χ2n) is 8.87. The van der Waals surface area contributed by atoms with Gasteiger partial charge in [-0.25, -0.2) is 14.8 Å². The molecule has 1 atom stereocenters. The van der Waals surface area contributed by atoms with Gasteiger partial charge >= 0.3 is 6.03 Å². The average Bonchev–Trinajstić information content (AvgIpc) is 3.61. The van der Waals surface area contributed by atoms with Gasteiger partial charge in [-0.15, -0.1) is 0 Å². The molecule has 0 bridgehead atoms. The number of aliphatic hydroxyl groups excluding tert-OH is 1. The number of β-amino-alcohol motifs (C(OH)–C–C–N with tert-alkyl or cyclic N) is 1. The molecule has 3 aliphatic rings. The predicted molar refractivity (Wildman–Crippen MR) is 122 cm³/mol. The van der Waals surface area contributed by atoms with Crippen molar-refractivity contribution >= 4 is 23.4 Å². The molecule has 3 N–H and O–H groups in total. The van der Waals surface area contributed by atoms with Crippen molar-refractivity contribution in [1.82, 2.24) is 20.2 Å². The Balaban J connectivity index is 1.41. The summed E-state index contributed by atoms with van der Waals surface area (Å²) in [4.78, 5) is 38.0. The topological polar surface area (TPSA) is 120 Å². The van der Waals surface area contributed by atoms with Crippen LogP contribution in [-0.4, -0.2) is 82.9 Å². The van der Waals surface area contributed by atoms with E-state index in [1.54, 1.807) is 23.1 Å². The molecule has 1 aromatic carbocycles. The molecule has 2 saturated heterocycles. The molecule has 3 amide bonds. The zero-order valence-corrected chi connectivity index (χ0v) is 18.5. The van der Waals surface area contributed by atoms with Gasteiger partial charge in [-0.1, -0.05) is 0 Å². The van der Waals surface area contributed by atoms with Gasteiger partial charge in [0.1, 0.15) is 11.5 Å². The maximum absolute atomic E-state index is 13.0. The highest BCUT2D eigenvalue weighted by Crippen LogP contribution is 2.26. The maximum Gasteiger partial charge on any atom is 0.319 e. The largest absolute Gasteiger partial charge is 0.389 e. The molecule has 174 valence electrons. The van der Waals surface area contributed by atoms with Crippen molar-refractivity contribution in [3.8, 4) is 11.4 Å². The molecule has 10 nitrogen and oxygen atoms in total. The number of urea groups is 1. The highest BCUT2D eigenvalue weighted by molar-refractivity contribution is 5.94. The van der Waals surface area contributed by atoms with Crippen LogP contribution >= 0.6 is 0 Å². The van der Waals surface area contributed by atoms with Crippen molar-refractivity contribution in [2.24, 2.45) is 0 Å². The number of anilines is 2. The van der Waals surface area contributed by atoms with Gasteiger partial charge < -0.3 is 30.3 Å². The third-order valence-corrected chi connectivity index (χ3v) is 6.06. The molecular formula is C23H28N6O4. The zero-order chi connectivity index (χ0) is 22.9. The third kappa shape index (κ3) is 4.91. The number of aromatic nitrogens is 2. The van der Waals surface area contributed by atoms with Crippen LogP contribution in [0.5, 0.6) is 0 Å². The quantitative estimate of drug-likeness (QED) is 0.628. The van der Waals surface area contributed by atoms with Crippen LogP contribution in [0, 0.1) is 0 Å². The number of rotatable bonds is 5. The Hall–Kier alpha value is -3.24. The molecule has 0 unspecified atom stereocenters. The average molecular weight is 453 g/mol. The molecule has 3 fully saturated rings. The molecule has 2 aliphatic heterocycles. The third-order valence-electron chi connectivity index (χ3n) is 6.06. The fourth-order valence-electron chi connectivity index (χ4n) is 3.95. The summed E-state index contributed by atoms with van der Waals surface area (Å²) in [5, 5.41) is 15.3. The van der Waals surface area contributed by atoms with E-state index in [1.807, 2.05) is 12.1 Å². The van der Waals surface area contributed by atoms with Crippen molar-refractivity contribution in [3.05, 3.63) is 36.0 Å². The SMILES string of the molecule is C[C@H]1COCCN1c1cc(C(=O)N2CC(O)C2)nc(-c2ccc(NC(=O)NC3CC3)cc2)n1. The molecule has 1 saturated carbocycles. The van der Waals surface area contributed by atoms with E-state index in [0.717, 1.165) is 18.4 Å². The number of carbonyl (C=O) groups is 2. The molecule has 33 heavy (non-hydrogen) atoms.